The first-order valence-electron chi connectivity index (χ1n) is 7.46. The Labute approximate surface area is 154 Å². The second-order valence-electron chi connectivity index (χ2n) is 5.08. The maximum absolute atomic E-state index is 12.9. The van der Waals surface area contributed by atoms with Crippen molar-refractivity contribution in [3.8, 4) is 11.8 Å². The van der Waals surface area contributed by atoms with E-state index in [2.05, 4.69) is 15.3 Å². The number of aliphatic hydroxyl groups is 1. The average molecular weight is 400 g/mol. The molecule has 2 aromatic rings. The number of hydrogen-bond donors (Lipinski definition) is 3. The third kappa shape index (κ3) is 5.49. The molecule has 0 saturated carbocycles. The summed E-state index contributed by atoms with van der Waals surface area (Å²) in [4.78, 5) is 19.4. The van der Waals surface area contributed by atoms with Gasteiger partial charge < -0.3 is 14.6 Å². The van der Waals surface area contributed by atoms with Crippen LogP contribution in [0, 0.1) is 0 Å². The zero-order valence-electron chi connectivity index (χ0n) is 14.3. The Hall–Kier alpha value is -2.99. The summed E-state index contributed by atoms with van der Waals surface area (Å²) in [6.07, 6.45) is -2.79. The maximum atomic E-state index is 12.9. The summed E-state index contributed by atoms with van der Waals surface area (Å²) < 4.78 is 49.3. The number of aromatic nitrogens is 2. The number of methoxy groups -OCH3 is 2. The average Bonchev–Trinajstić information content (AvgIpc) is 2.60. The molecule has 0 spiro atoms. The Balaban J connectivity index is 2.20. The number of nitrogens with zero attached hydrogens (tertiary/aromatic N) is 2. The first-order valence-corrected chi connectivity index (χ1v) is 8.94. The van der Waals surface area contributed by atoms with Crippen molar-refractivity contribution in [2.45, 2.75) is 17.7 Å². The second-order valence-corrected chi connectivity index (χ2v) is 6.73. The molecule has 27 heavy (non-hydrogen) atoms. The molecule has 0 bridgehead atoms. The minimum Gasteiger partial charge on any atom is -0.481 e. The first-order chi connectivity index (χ1) is 12.7. The van der Waals surface area contributed by atoms with Gasteiger partial charge in [-0.15, -0.1) is 0 Å². The van der Waals surface area contributed by atoms with Crippen LogP contribution in [0.3, 0.4) is 0 Å². The molecular formula is C15H17FN4O6S. The van der Waals surface area contributed by atoms with E-state index >= 15 is 0 Å². The number of anilines is 1. The molecule has 0 radical (unpaired) electrons. The second kappa shape index (κ2) is 8.60. The van der Waals surface area contributed by atoms with Gasteiger partial charge in [0, 0.05) is 6.42 Å². The smallest absolute Gasteiger partial charge is 0.335 e. The van der Waals surface area contributed by atoms with E-state index in [1.54, 1.807) is 4.72 Å². The van der Waals surface area contributed by atoms with Gasteiger partial charge >= 0.3 is 6.03 Å². The van der Waals surface area contributed by atoms with Gasteiger partial charge in [-0.1, -0.05) is 18.2 Å². The minimum absolute atomic E-state index is 0.00657. The van der Waals surface area contributed by atoms with Crippen molar-refractivity contribution in [3.05, 3.63) is 35.9 Å². The van der Waals surface area contributed by atoms with Gasteiger partial charge in [0.25, 0.3) is 10.0 Å². The predicted molar refractivity (Wildman–Crippen MR) is 91.7 cm³/mol. The van der Waals surface area contributed by atoms with Gasteiger partial charge in [0.05, 0.1) is 25.2 Å². The summed E-state index contributed by atoms with van der Waals surface area (Å²) in [7, 11) is -1.67. The monoisotopic (exact) mass is 400 g/mol. The van der Waals surface area contributed by atoms with Gasteiger partial charge in [-0.25, -0.2) is 22.3 Å². The number of sulfonamides is 1. The number of alkyl halides is 1. The SMILES string of the molecule is COc1cc(OC)nc(NC(=O)NS(=O)(=O)c2ccccc2CC(O)F)n1. The molecule has 2 rings (SSSR count). The molecular weight excluding hydrogens is 383 g/mol. The van der Waals surface area contributed by atoms with Crippen molar-refractivity contribution < 1.29 is 32.2 Å². The number of halogens is 1. The molecule has 1 heterocycles. The van der Waals surface area contributed by atoms with E-state index in [1.807, 2.05) is 0 Å². The molecule has 0 aliphatic heterocycles. The summed E-state index contributed by atoms with van der Waals surface area (Å²) in [5, 5.41) is 11.0. The third-order valence-corrected chi connectivity index (χ3v) is 4.63. The molecule has 1 atom stereocenters. The molecule has 1 aromatic heterocycles. The molecule has 1 unspecified atom stereocenters. The Morgan fingerprint density at radius 1 is 1.22 bits per heavy atom. The van der Waals surface area contributed by atoms with Gasteiger partial charge in [-0.2, -0.15) is 9.97 Å². The van der Waals surface area contributed by atoms with Crippen LogP contribution in [0.1, 0.15) is 5.56 Å². The highest BCUT2D eigenvalue weighted by Gasteiger charge is 2.22. The molecule has 1 aromatic carbocycles. The van der Waals surface area contributed by atoms with E-state index in [9.17, 15) is 17.6 Å². The fourth-order valence-corrected chi connectivity index (χ4v) is 3.25. The number of aliphatic hydroxyl groups excluding tert-OH is 1. The molecule has 3 N–H and O–H groups in total. The molecule has 0 aliphatic rings. The Bertz CT molecular complexity index is 900. The van der Waals surface area contributed by atoms with Crippen molar-refractivity contribution in [2.75, 3.05) is 19.5 Å². The molecule has 0 aliphatic carbocycles. The summed E-state index contributed by atoms with van der Waals surface area (Å²) in [6, 6.07) is 5.59. The van der Waals surface area contributed by atoms with E-state index in [0.29, 0.717) is 0 Å². The standard InChI is InChI=1S/C15H17FN4O6S/c1-25-12-8-13(26-2)18-14(17-12)19-15(22)20-27(23,24)10-6-4-3-5-9(10)7-11(16)21/h3-6,8,11,21H,7H2,1-2H3,(H2,17,18,19,20,22). The topological polar surface area (TPSA) is 140 Å². The summed E-state index contributed by atoms with van der Waals surface area (Å²) >= 11 is 0. The highest BCUT2D eigenvalue weighted by atomic mass is 32.2. The fourth-order valence-electron chi connectivity index (χ4n) is 2.09. The third-order valence-electron chi connectivity index (χ3n) is 3.20. The predicted octanol–water partition coefficient (Wildman–Crippen LogP) is 0.835. The van der Waals surface area contributed by atoms with Crippen molar-refractivity contribution in [2.24, 2.45) is 0 Å². The first kappa shape index (κ1) is 20.3. The van der Waals surface area contributed by atoms with Crippen LogP contribution in [0.25, 0.3) is 0 Å². The Morgan fingerprint density at radius 3 is 2.37 bits per heavy atom. The maximum Gasteiger partial charge on any atom is 0.335 e. The van der Waals surface area contributed by atoms with Crippen LogP contribution in [0.15, 0.2) is 35.2 Å². The molecule has 0 saturated heterocycles. The number of hydrogen-bond acceptors (Lipinski definition) is 8. The molecule has 12 heteroatoms. The highest BCUT2D eigenvalue weighted by molar-refractivity contribution is 7.90. The number of urea groups is 1. The minimum atomic E-state index is -4.35. The van der Waals surface area contributed by atoms with Crippen LogP contribution in [0.4, 0.5) is 15.1 Å². The van der Waals surface area contributed by atoms with E-state index in [0.717, 1.165) is 0 Å². The van der Waals surface area contributed by atoms with Gasteiger partial charge in [-0.05, 0) is 11.6 Å². The normalized spacial score (nSPS) is 12.1. The van der Waals surface area contributed by atoms with Gasteiger partial charge in [-0.3, -0.25) is 5.32 Å². The van der Waals surface area contributed by atoms with E-state index in [1.165, 1.54) is 44.6 Å². The van der Waals surface area contributed by atoms with E-state index in [-0.39, 0.29) is 28.2 Å². The molecule has 2 amide bonds. The molecule has 146 valence electrons. The number of amides is 2. The largest absolute Gasteiger partial charge is 0.481 e. The zero-order chi connectivity index (χ0) is 20.0. The van der Waals surface area contributed by atoms with E-state index in [4.69, 9.17) is 14.6 Å². The lowest BCUT2D eigenvalue weighted by Crippen LogP contribution is -2.35. The molecule has 10 nitrogen and oxygen atoms in total. The van der Waals surface area contributed by atoms with E-state index < -0.39 is 28.8 Å². The van der Waals surface area contributed by atoms with Crippen molar-refractivity contribution in [1.29, 1.82) is 0 Å². The fraction of sp³-hybridized carbons (Fsp3) is 0.267. The Morgan fingerprint density at radius 2 is 1.81 bits per heavy atom. The number of carbonyl (C=O) groups excluding carboxylic acids is 1. The summed E-state index contributed by atoms with van der Waals surface area (Å²) in [6.45, 7) is 0. The number of carbonyl (C=O) groups is 1. The number of rotatable bonds is 7. The van der Waals surface area contributed by atoms with Crippen LogP contribution in [0.5, 0.6) is 11.8 Å². The van der Waals surface area contributed by atoms with Crippen LogP contribution < -0.4 is 19.5 Å². The van der Waals surface area contributed by atoms with Crippen LogP contribution in [-0.4, -0.2) is 50.1 Å². The summed E-state index contributed by atoms with van der Waals surface area (Å²) in [5.41, 5.74) is 0.00657. The Kier molecular flexibility index (Phi) is 6.47. The quantitative estimate of drug-likeness (QED) is 0.621. The lowest BCUT2D eigenvalue weighted by molar-refractivity contribution is 0.0424. The van der Waals surface area contributed by atoms with Crippen LogP contribution in [0.2, 0.25) is 0 Å². The lowest BCUT2D eigenvalue weighted by Gasteiger charge is -2.12. The van der Waals surface area contributed by atoms with Crippen molar-refractivity contribution in [3.63, 3.8) is 0 Å². The molecule has 0 fully saturated rings. The number of benzene rings is 1. The lowest BCUT2D eigenvalue weighted by atomic mass is 10.1. The summed E-state index contributed by atoms with van der Waals surface area (Å²) in [5.74, 6) is -0.0871. The van der Waals surface area contributed by atoms with Crippen molar-refractivity contribution in [1.82, 2.24) is 14.7 Å². The van der Waals surface area contributed by atoms with Crippen molar-refractivity contribution >= 4 is 22.0 Å². The number of nitrogens with one attached hydrogen (secondary N) is 2. The number of ether oxygens (including phenoxy) is 2. The van der Waals surface area contributed by atoms with Gasteiger partial charge in [0.2, 0.25) is 17.7 Å². The van der Waals surface area contributed by atoms with Crippen LogP contribution >= 0.6 is 0 Å². The van der Waals surface area contributed by atoms with Gasteiger partial charge in [0.1, 0.15) is 0 Å². The van der Waals surface area contributed by atoms with Gasteiger partial charge in [0.15, 0.2) is 6.36 Å². The van der Waals surface area contributed by atoms with Crippen LogP contribution in [-0.2, 0) is 16.4 Å². The zero-order valence-corrected chi connectivity index (χ0v) is 15.2. The highest BCUT2D eigenvalue weighted by Crippen LogP contribution is 2.19.